The summed E-state index contributed by atoms with van der Waals surface area (Å²) in [6.45, 7) is 12.0. The van der Waals surface area contributed by atoms with Gasteiger partial charge in [-0.2, -0.15) is 0 Å². The highest BCUT2D eigenvalue weighted by atomic mass is 32.2. The summed E-state index contributed by atoms with van der Waals surface area (Å²) >= 11 is 1.02. The molecule has 4 nitrogen and oxygen atoms in total. The minimum atomic E-state index is -0.193. The second-order valence-electron chi connectivity index (χ2n) is 7.34. The molecule has 0 N–H and O–H groups in total. The number of fused-ring (bicyclic) bond motifs is 1. The number of carbonyl (C=O) groups is 2. The van der Waals surface area contributed by atoms with Crippen LogP contribution in [0.2, 0.25) is 0 Å². The number of thioether (sulfide) groups is 1. The van der Waals surface area contributed by atoms with E-state index in [1.165, 1.54) is 21.7 Å². The minimum Gasteiger partial charge on any atom is -0.362 e. The molecule has 2 amide bonds. The lowest BCUT2D eigenvalue weighted by molar-refractivity contribution is -0.122. The molecular weight excluding hydrogens is 344 g/mol. The van der Waals surface area contributed by atoms with Gasteiger partial charge in [0.15, 0.2) is 0 Å². The molecule has 0 saturated carbocycles. The molecule has 0 unspecified atom stereocenters. The maximum atomic E-state index is 12.3. The summed E-state index contributed by atoms with van der Waals surface area (Å²) in [6, 6.07) is 6.30. The number of allylic oxidation sites excluding steroid dienone is 1. The van der Waals surface area contributed by atoms with Crippen molar-refractivity contribution in [2.75, 3.05) is 18.0 Å². The molecule has 0 aromatic heterocycles. The molecule has 0 radical (unpaired) electrons. The van der Waals surface area contributed by atoms with Gasteiger partial charge in [0.05, 0.1) is 10.4 Å². The summed E-state index contributed by atoms with van der Waals surface area (Å²) in [5.74, 6) is -0.193. The highest BCUT2D eigenvalue weighted by molar-refractivity contribution is 8.18. The Labute approximate surface area is 159 Å². The molecule has 0 atom stereocenters. The number of benzene rings is 1. The van der Waals surface area contributed by atoms with Gasteiger partial charge in [-0.05, 0) is 75.2 Å². The Morgan fingerprint density at radius 3 is 2.54 bits per heavy atom. The molecule has 0 spiro atoms. The molecule has 0 aliphatic carbocycles. The second kappa shape index (κ2) is 6.95. The zero-order valence-electron chi connectivity index (χ0n) is 16.1. The first kappa shape index (κ1) is 18.8. The van der Waals surface area contributed by atoms with Crippen molar-refractivity contribution in [3.63, 3.8) is 0 Å². The smallest absolute Gasteiger partial charge is 0.293 e. The number of nitrogens with zero attached hydrogens (tertiary/aromatic N) is 2. The molecule has 26 heavy (non-hydrogen) atoms. The van der Waals surface area contributed by atoms with Crippen LogP contribution in [-0.2, 0) is 4.79 Å². The van der Waals surface area contributed by atoms with E-state index < -0.39 is 0 Å². The second-order valence-corrected chi connectivity index (χ2v) is 8.33. The molecule has 2 heterocycles. The van der Waals surface area contributed by atoms with E-state index in [0.717, 1.165) is 30.3 Å². The SMILES string of the molecule is CCCN1c2ccc(/C=C3/SC(=O)N(CC)C3=O)cc2C(C)=CC1(C)C. The van der Waals surface area contributed by atoms with Crippen molar-refractivity contribution in [2.45, 2.75) is 46.6 Å². The van der Waals surface area contributed by atoms with E-state index in [2.05, 4.69) is 50.8 Å². The summed E-state index contributed by atoms with van der Waals surface area (Å²) in [7, 11) is 0. The molecule has 1 aromatic rings. The predicted octanol–water partition coefficient (Wildman–Crippen LogP) is 5.15. The number of likely N-dealkylation sites (N-methyl/N-ethyl adjacent to an activating group) is 1. The maximum absolute atomic E-state index is 12.3. The van der Waals surface area contributed by atoms with Crippen LogP contribution < -0.4 is 4.90 Å². The number of amides is 2. The van der Waals surface area contributed by atoms with Gasteiger partial charge in [-0.25, -0.2) is 0 Å². The van der Waals surface area contributed by atoms with Crippen molar-refractivity contribution in [1.82, 2.24) is 4.90 Å². The molecule has 1 fully saturated rings. The topological polar surface area (TPSA) is 40.6 Å². The molecule has 1 aromatic carbocycles. The Hall–Kier alpha value is -2.01. The van der Waals surface area contributed by atoms with Crippen LogP contribution in [0.1, 0.15) is 52.2 Å². The normalized spacial score (nSPS) is 20.7. The number of imide groups is 1. The third-order valence-electron chi connectivity index (χ3n) is 4.94. The molecule has 0 bridgehead atoms. The third-order valence-corrected chi connectivity index (χ3v) is 5.84. The van der Waals surface area contributed by atoms with Gasteiger partial charge in [0.1, 0.15) is 0 Å². The molecular formula is C21H26N2O2S. The Morgan fingerprint density at radius 2 is 1.92 bits per heavy atom. The summed E-state index contributed by atoms with van der Waals surface area (Å²) in [5.41, 5.74) is 4.61. The standard InChI is InChI=1S/C21H26N2O2S/c1-6-10-23-17-9-8-15(11-16(17)14(3)13-21(23,4)5)12-18-19(24)22(7-2)20(25)26-18/h8-9,11-13H,6-7,10H2,1-5H3/b18-12+. The molecule has 2 aliphatic heterocycles. The van der Waals surface area contributed by atoms with Crippen LogP contribution in [0.3, 0.4) is 0 Å². The van der Waals surface area contributed by atoms with Crippen LogP contribution in [0.4, 0.5) is 10.5 Å². The number of hydrogen-bond donors (Lipinski definition) is 0. The average Bonchev–Trinajstić information content (AvgIpc) is 2.84. The van der Waals surface area contributed by atoms with Crippen LogP contribution in [0, 0.1) is 0 Å². The predicted molar refractivity (Wildman–Crippen MR) is 110 cm³/mol. The summed E-state index contributed by atoms with van der Waals surface area (Å²) < 4.78 is 0. The third kappa shape index (κ3) is 3.20. The Kier molecular flexibility index (Phi) is 5.02. The van der Waals surface area contributed by atoms with Crippen LogP contribution in [0.15, 0.2) is 29.2 Å². The van der Waals surface area contributed by atoms with Crippen LogP contribution in [0.5, 0.6) is 0 Å². The van der Waals surface area contributed by atoms with E-state index in [9.17, 15) is 9.59 Å². The summed E-state index contributed by atoms with van der Waals surface area (Å²) in [5, 5.41) is -0.186. The van der Waals surface area contributed by atoms with Crippen LogP contribution in [-0.4, -0.2) is 34.7 Å². The van der Waals surface area contributed by atoms with Gasteiger partial charge in [0.25, 0.3) is 11.1 Å². The minimum absolute atomic E-state index is 0.0155. The van der Waals surface area contributed by atoms with Crippen molar-refractivity contribution >= 4 is 40.2 Å². The molecule has 5 heteroatoms. The van der Waals surface area contributed by atoms with Crippen molar-refractivity contribution in [3.8, 4) is 0 Å². The number of rotatable bonds is 4. The fraction of sp³-hybridized carbons (Fsp3) is 0.429. The fourth-order valence-corrected chi connectivity index (χ4v) is 4.65. The Balaban J connectivity index is 2.00. The number of anilines is 1. The van der Waals surface area contributed by atoms with E-state index in [4.69, 9.17) is 0 Å². The van der Waals surface area contributed by atoms with Gasteiger partial charge < -0.3 is 4.90 Å². The largest absolute Gasteiger partial charge is 0.362 e. The van der Waals surface area contributed by atoms with Gasteiger partial charge in [-0.3, -0.25) is 14.5 Å². The average molecular weight is 371 g/mol. The first-order chi connectivity index (χ1) is 12.3. The summed E-state index contributed by atoms with van der Waals surface area (Å²) in [4.78, 5) is 28.4. The maximum Gasteiger partial charge on any atom is 0.293 e. The van der Waals surface area contributed by atoms with Gasteiger partial charge >= 0.3 is 0 Å². The lowest BCUT2D eigenvalue weighted by Crippen LogP contribution is -2.45. The van der Waals surface area contributed by atoms with Gasteiger partial charge in [0, 0.05) is 24.3 Å². The van der Waals surface area contributed by atoms with E-state index in [0.29, 0.717) is 11.4 Å². The Morgan fingerprint density at radius 1 is 1.19 bits per heavy atom. The lowest BCUT2D eigenvalue weighted by Gasteiger charge is -2.43. The van der Waals surface area contributed by atoms with E-state index in [1.807, 2.05) is 19.1 Å². The van der Waals surface area contributed by atoms with Crippen LogP contribution >= 0.6 is 11.8 Å². The molecule has 1 saturated heterocycles. The van der Waals surface area contributed by atoms with Gasteiger partial charge in [0.2, 0.25) is 0 Å². The highest BCUT2D eigenvalue weighted by Crippen LogP contribution is 2.40. The Bertz CT molecular complexity index is 823. The number of hydrogen-bond acceptors (Lipinski definition) is 4. The number of carbonyl (C=O) groups excluding carboxylic acids is 2. The van der Waals surface area contributed by atoms with Crippen molar-refractivity contribution in [2.24, 2.45) is 0 Å². The van der Waals surface area contributed by atoms with Gasteiger partial charge in [-0.1, -0.05) is 19.1 Å². The van der Waals surface area contributed by atoms with E-state index in [1.54, 1.807) is 0 Å². The monoisotopic (exact) mass is 370 g/mol. The fourth-order valence-electron chi connectivity index (χ4n) is 3.75. The molecule has 138 valence electrons. The van der Waals surface area contributed by atoms with Crippen molar-refractivity contribution in [1.29, 1.82) is 0 Å². The van der Waals surface area contributed by atoms with Gasteiger partial charge in [-0.15, -0.1) is 0 Å². The van der Waals surface area contributed by atoms with Crippen LogP contribution in [0.25, 0.3) is 11.6 Å². The first-order valence-corrected chi connectivity index (χ1v) is 9.97. The summed E-state index contributed by atoms with van der Waals surface area (Å²) in [6.07, 6.45) is 5.22. The first-order valence-electron chi connectivity index (χ1n) is 9.15. The van der Waals surface area contributed by atoms with Crippen molar-refractivity contribution < 1.29 is 9.59 Å². The zero-order chi connectivity index (χ0) is 19.1. The highest BCUT2D eigenvalue weighted by Gasteiger charge is 2.34. The van der Waals surface area contributed by atoms with E-state index in [-0.39, 0.29) is 16.7 Å². The lowest BCUT2D eigenvalue weighted by atomic mass is 9.88. The quantitative estimate of drug-likeness (QED) is 0.687. The van der Waals surface area contributed by atoms with Crippen molar-refractivity contribution in [3.05, 3.63) is 40.3 Å². The molecule has 3 rings (SSSR count). The molecule has 2 aliphatic rings. The zero-order valence-corrected chi connectivity index (χ0v) is 16.9. The van der Waals surface area contributed by atoms with E-state index >= 15 is 0 Å².